The first-order chi connectivity index (χ1) is 5.65. The molecular weight excluding hydrogens is 220 g/mol. The number of Topliss-reactive ketones (excluding diaryl/α,β-unsaturated/α-hetero) is 1. The molecule has 1 rings (SSSR count). The third-order valence-electron chi connectivity index (χ3n) is 1.59. The predicted octanol–water partition coefficient (Wildman–Crippen LogP) is 2.49. The highest BCUT2D eigenvalue weighted by molar-refractivity contribution is 9.08. The van der Waals surface area contributed by atoms with Crippen molar-refractivity contribution in [3.63, 3.8) is 0 Å². The third-order valence-corrected chi connectivity index (χ3v) is 2.24. The highest BCUT2D eigenvalue weighted by Crippen LogP contribution is 2.20. The van der Waals surface area contributed by atoms with E-state index in [1.165, 1.54) is 13.0 Å². The molecule has 0 heterocycles. The summed E-state index contributed by atoms with van der Waals surface area (Å²) in [6, 6.07) is 5.00. The topological polar surface area (TPSA) is 37.3 Å². The van der Waals surface area contributed by atoms with Crippen LogP contribution in [0.25, 0.3) is 0 Å². The summed E-state index contributed by atoms with van der Waals surface area (Å²) in [5, 5.41) is 9.95. The van der Waals surface area contributed by atoms with Crippen LogP contribution in [0.4, 0.5) is 0 Å². The normalized spacial score (nSPS) is 9.83. The van der Waals surface area contributed by atoms with E-state index in [2.05, 4.69) is 15.9 Å². The molecule has 0 aliphatic carbocycles. The second kappa shape index (κ2) is 3.72. The maximum atomic E-state index is 11.0. The zero-order chi connectivity index (χ0) is 9.14. The second-order valence-corrected chi connectivity index (χ2v) is 3.10. The van der Waals surface area contributed by atoms with E-state index in [1.807, 2.05) is 0 Å². The summed E-state index contributed by atoms with van der Waals surface area (Å²) >= 11 is 3.27. The van der Waals surface area contributed by atoms with Crippen LogP contribution in [0.3, 0.4) is 0 Å². The number of carbonyl (C=O) groups excluding carboxylic acids is 1. The molecule has 0 saturated heterocycles. The van der Waals surface area contributed by atoms with Crippen LogP contribution in [0.15, 0.2) is 18.2 Å². The van der Waals surface area contributed by atoms with E-state index in [0.29, 0.717) is 10.9 Å². The van der Waals surface area contributed by atoms with Crippen LogP contribution < -0.4 is 0 Å². The number of ketones is 1. The lowest BCUT2D eigenvalue weighted by molar-refractivity contribution is 0.101. The van der Waals surface area contributed by atoms with Crippen LogP contribution in [0, 0.1) is 0 Å². The SMILES string of the molecule is CC(=O)c1cc(CBr)ccc1O. The van der Waals surface area contributed by atoms with Gasteiger partial charge in [0.15, 0.2) is 5.78 Å². The Balaban J connectivity index is 3.17. The number of hydrogen-bond acceptors (Lipinski definition) is 2. The average molecular weight is 229 g/mol. The van der Waals surface area contributed by atoms with Gasteiger partial charge in [-0.1, -0.05) is 22.0 Å². The molecule has 1 aromatic carbocycles. The summed E-state index contributed by atoms with van der Waals surface area (Å²) in [6.45, 7) is 1.44. The van der Waals surface area contributed by atoms with Crippen LogP contribution in [-0.4, -0.2) is 10.9 Å². The lowest BCUT2D eigenvalue weighted by Gasteiger charge is -2.01. The van der Waals surface area contributed by atoms with Crippen molar-refractivity contribution in [1.29, 1.82) is 0 Å². The van der Waals surface area contributed by atoms with Gasteiger partial charge in [-0.3, -0.25) is 4.79 Å². The number of benzene rings is 1. The quantitative estimate of drug-likeness (QED) is 0.624. The Morgan fingerprint density at radius 3 is 2.75 bits per heavy atom. The molecule has 2 nitrogen and oxygen atoms in total. The molecule has 1 aromatic rings. The fraction of sp³-hybridized carbons (Fsp3) is 0.222. The van der Waals surface area contributed by atoms with Gasteiger partial charge < -0.3 is 5.11 Å². The Kier molecular flexibility index (Phi) is 2.87. The minimum absolute atomic E-state index is 0.0483. The number of halogens is 1. The molecule has 0 unspecified atom stereocenters. The number of rotatable bonds is 2. The van der Waals surface area contributed by atoms with Crippen molar-refractivity contribution in [1.82, 2.24) is 0 Å². The van der Waals surface area contributed by atoms with E-state index >= 15 is 0 Å². The predicted molar refractivity (Wildman–Crippen MR) is 50.7 cm³/mol. The molecule has 3 heteroatoms. The maximum Gasteiger partial charge on any atom is 0.163 e. The Morgan fingerprint density at radius 2 is 2.25 bits per heavy atom. The summed E-state index contributed by atoms with van der Waals surface area (Å²) in [6.07, 6.45) is 0. The molecule has 0 amide bonds. The molecule has 0 aliphatic heterocycles. The maximum absolute atomic E-state index is 11.0. The van der Waals surface area contributed by atoms with Crippen molar-refractivity contribution in [3.05, 3.63) is 29.3 Å². The summed E-state index contributed by atoms with van der Waals surface area (Å²) < 4.78 is 0. The standard InChI is InChI=1S/C9H9BrO2/c1-6(11)8-4-7(5-10)2-3-9(8)12/h2-4,12H,5H2,1H3. The van der Waals surface area contributed by atoms with Crippen molar-refractivity contribution in [2.45, 2.75) is 12.3 Å². The third kappa shape index (κ3) is 1.85. The van der Waals surface area contributed by atoms with Crippen molar-refractivity contribution >= 4 is 21.7 Å². The fourth-order valence-electron chi connectivity index (χ4n) is 0.948. The van der Waals surface area contributed by atoms with E-state index in [9.17, 15) is 9.90 Å². The van der Waals surface area contributed by atoms with E-state index in [-0.39, 0.29) is 11.5 Å². The van der Waals surface area contributed by atoms with Crippen molar-refractivity contribution in [2.24, 2.45) is 0 Å². The highest BCUT2D eigenvalue weighted by Gasteiger charge is 2.06. The van der Waals surface area contributed by atoms with Gasteiger partial charge in [-0.15, -0.1) is 0 Å². The smallest absolute Gasteiger partial charge is 0.163 e. The molecule has 1 N–H and O–H groups in total. The summed E-state index contributed by atoms with van der Waals surface area (Å²) in [5.74, 6) is -0.0671. The van der Waals surface area contributed by atoms with E-state index in [4.69, 9.17) is 0 Å². The number of carbonyl (C=O) groups is 1. The molecule has 0 fully saturated rings. The Morgan fingerprint density at radius 1 is 1.58 bits per heavy atom. The van der Waals surface area contributed by atoms with Gasteiger partial charge >= 0.3 is 0 Å². The van der Waals surface area contributed by atoms with Crippen LogP contribution in [0.2, 0.25) is 0 Å². The van der Waals surface area contributed by atoms with Gasteiger partial charge in [0, 0.05) is 5.33 Å². The minimum Gasteiger partial charge on any atom is -0.507 e. The molecule has 64 valence electrons. The number of phenolic OH excluding ortho intramolecular Hbond substituents is 1. The molecule has 12 heavy (non-hydrogen) atoms. The van der Waals surface area contributed by atoms with Gasteiger partial charge in [0.25, 0.3) is 0 Å². The van der Waals surface area contributed by atoms with Gasteiger partial charge in [0.05, 0.1) is 5.56 Å². The molecule has 0 aliphatic rings. The van der Waals surface area contributed by atoms with Gasteiger partial charge in [0.2, 0.25) is 0 Å². The number of hydrogen-bond donors (Lipinski definition) is 1. The summed E-state index contributed by atoms with van der Waals surface area (Å²) in [4.78, 5) is 11.0. The van der Waals surface area contributed by atoms with Crippen LogP contribution in [0.1, 0.15) is 22.8 Å². The van der Waals surface area contributed by atoms with E-state index in [0.717, 1.165) is 5.56 Å². The molecule has 0 bridgehead atoms. The van der Waals surface area contributed by atoms with Crippen LogP contribution >= 0.6 is 15.9 Å². The lowest BCUT2D eigenvalue weighted by Crippen LogP contribution is -1.93. The average Bonchev–Trinajstić information content (AvgIpc) is 2.05. The van der Waals surface area contributed by atoms with Gasteiger partial charge in [-0.25, -0.2) is 0 Å². The Bertz CT molecular complexity index is 307. The molecular formula is C9H9BrO2. The summed E-state index contributed by atoms with van der Waals surface area (Å²) in [7, 11) is 0. The molecule has 0 saturated carbocycles. The van der Waals surface area contributed by atoms with Crippen LogP contribution in [-0.2, 0) is 5.33 Å². The number of phenols is 1. The minimum atomic E-state index is -0.115. The number of aromatic hydroxyl groups is 1. The zero-order valence-corrected chi connectivity index (χ0v) is 8.26. The lowest BCUT2D eigenvalue weighted by atomic mass is 10.1. The zero-order valence-electron chi connectivity index (χ0n) is 6.67. The van der Waals surface area contributed by atoms with E-state index < -0.39 is 0 Å². The summed E-state index contributed by atoms with van der Waals surface area (Å²) in [5.41, 5.74) is 1.37. The molecule has 0 spiro atoms. The Labute approximate surface area is 79.3 Å². The van der Waals surface area contributed by atoms with Gasteiger partial charge in [-0.05, 0) is 24.6 Å². The van der Waals surface area contributed by atoms with Crippen molar-refractivity contribution in [3.8, 4) is 5.75 Å². The molecule has 0 atom stereocenters. The molecule has 0 radical (unpaired) electrons. The first-order valence-electron chi connectivity index (χ1n) is 3.54. The highest BCUT2D eigenvalue weighted by atomic mass is 79.9. The first-order valence-corrected chi connectivity index (χ1v) is 4.66. The van der Waals surface area contributed by atoms with Gasteiger partial charge in [-0.2, -0.15) is 0 Å². The van der Waals surface area contributed by atoms with Crippen molar-refractivity contribution in [2.75, 3.05) is 0 Å². The fourth-order valence-corrected chi connectivity index (χ4v) is 1.30. The van der Waals surface area contributed by atoms with Gasteiger partial charge in [0.1, 0.15) is 5.75 Å². The first kappa shape index (κ1) is 9.26. The molecule has 0 aromatic heterocycles. The monoisotopic (exact) mass is 228 g/mol. The Hall–Kier alpha value is -0.830. The van der Waals surface area contributed by atoms with Crippen molar-refractivity contribution < 1.29 is 9.90 Å². The second-order valence-electron chi connectivity index (χ2n) is 2.54. The number of alkyl halides is 1. The van der Waals surface area contributed by atoms with E-state index in [1.54, 1.807) is 12.1 Å². The largest absolute Gasteiger partial charge is 0.507 e. The van der Waals surface area contributed by atoms with Crippen LogP contribution in [0.5, 0.6) is 5.75 Å².